The maximum atomic E-state index is 11.9. The summed E-state index contributed by atoms with van der Waals surface area (Å²) in [6.07, 6.45) is 4.94. The van der Waals surface area contributed by atoms with Crippen molar-refractivity contribution in [3.8, 4) is 0 Å². The van der Waals surface area contributed by atoms with Gasteiger partial charge in [-0.3, -0.25) is 4.79 Å². The van der Waals surface area contributed by atoms with E-state index in [9.17, 15) is 4.79 Å². The second-order valence-electron chi connectivity index (χ2n) is 5.00. The molecule has 100 valence electrons. The van der Waals surface area contributed by atoms with E-state index in [1.807, 2.05) is 12.1 Å². The third kappa shape index (κ3) is 2.73. The molecule has 19 heavy (non-hydrogen) atoms. The van der Waals surface area contributed by atoms with Crippen molar-refractivity contribution in [2.75, 3.05) is 6.54 Å². The fraction of sp³-hybridized carbons (Fsp3) is 0.400. The first kappa shape index (κ1) is 12.5. The smallest absolute Gasteiger partial charge is 0.223 e. The van der Waals surface area contributed by atoms with Crippen molar-refractivity contribution < 1.29 is 9.21 Å². The van der Waals surface area contributed by atoms with Crippen LogP contribution in [-0.2, 0) is 4.79 Å². The van der Waals surface area contributed by atoms with Crippen LogP contribution in [0.5, 0.6) is 0 Å². The molecule has 1 unspecified atom stereocenters. The zero-order valence-corrected chi connectivity index (χ0v) is 11.5. The van der Waals surface area contributed by atoms with E-state index >= 15 is 0 Å². The highest BCUT2D eigenvalue weighted by atomic mass is 32.1. The average Bonchev–Trinajstić information content (AvgIpc) is 2.98. The standard InChI is InChI=1S/C15H17NO2S/c17-15(11-3-1-4-11)16-9-13(12-6-8-19-10-12)14-5-2-7-18-14/h2,5-8,10-11,13H,1,3-4,9H2,(H,16,17). The molecule has 0 aromatic carbocycles. The van der Waals surface area contributed by atoms with Crippen LogP contribution in [0, 0.1) is 5.92 Å². The number of thiophene rings is 1. The molecule has 1 atom stereocenters. The number of nitrogens with one attached hydrogen (secondary N) is 1. The minimum atomic E-state index is 0.116. The minimum absolute atomic E-state index is 0.116. The molecule has 0 radical (unpaired) electrons. The molecule has 1 fully saturated rings. The van der Waals surface area contributed by atoms with E-state index in [0.717, 1.165) is 18.6 Å². The Morgan fingerprint density at radius 3 is 2.95 bits per heavy atom. The molecule has 1 aliphatic carbocycles. The molecule has 1 aliphatic rings. The van der Waals surface area contributed by atoms with Crippen LogP contribution in [0.1, 0.15) is 36.5 Å². The van der Waals surface area contributed by atoms with E-state index in [4.69, 9.17) is 4.42 Å². The number of furan rings is 1. The van der Waals surface area contributed by atoms with Crippen LogP contribution in [0.15, 0.2) is 39.6 Å². The van der Waals surface area contributed by atoms with Gasteiger partial charge in [-0.1, -0.05) is 6.42 Å². The predicted octanol–water partition coefficient (Wildman–Crippen LogP) is 3.39. The van der Waals surface area contributed by atoms with Crippen molar-refractivity contribution in [1.82, 2.24) is 5.32 Å². The first-order valence-corrected chi connectivity index (χ1v) is 7.62. The Morgan fingerprint density at radius 2 is 2.37 bits per heavy atom. The van der Waals surface area contributed by atoms with Gasteiger partial charge in [0.2, 0.25) is 5.91 Å². The van der Waals surface area contributed by atoms with Crippen LogP contribution >= 0.6 is 11.3 Å². The van der Waals surface area contributed by atoms with Crippen LogP contribution in [0.4, 0.5) is 0 Å². The third-order valence-electron chi connectivity index (χ3n) is 3.79. The summed E-state index contributed by atoms with van der Waals surface area (Å²) in [5.74, 6) is 1.45. The van der Waals surface area contributed by atoms with Crippen molar-refractivity contribution in [3.63, 3.8) is 0 Å². The monoisotopic (exact) mass is 275 g/mol. The van der Waals surface area contributed by atoms with Gasteiger partial charge < -0.3 is 9.73 Å². The molecule has 1 N–H and O–H groups in total. The first-order chi connectivity index (χ1) is 9.34. The Labute approximate surface area is 116 Å². The molecule has 3 rings (SSSR count). The normalized spacial score (nSPS) is 16.8. The minimum Gasteiger partial charge on any atom is -0.469 e. The van der Waals surface area contributed by atoms with Gasteiger partial charge in [0.1, 0.15) is 5.76 Å². The molecule has 2 aromatic heterocycles. The van der Waals surface area contributed by atoms with E-state index in [-0.39, 0.29) is 17.7 Å². The Bertz CT molecular complexity index is 480. The number of amides is 1. The lowest BCUT2D eigenvalue weighted by Crippen LogP contribution is -2.36. The van der Waals surface area contributed by atoms with Gasteiger partial charge in [-0.25, -0.2) is 0 Å². The molecule has 3 nitrogen and oxygen atoms in total. The molecule has 0 saturated heterocycles. The SMILES string of the molecule is O=C(NCC(c1ccsc1)c1ccco1)C1CCC1. The molecule has 0 bridgehead atoms. The van der Waals surface area contributed by atoms with E-state index in [1.165, 1.54) is 12.0 Å². The van der Waals surface area contributed by atoms with Crippen LogP contribution in [-0.4, -0.2) is 12.5 Å². The predicted molar refractivity (Wildman–Crippen MR) is 75.2 cm³/mol. The number of rotatable bonds is 5. The molecular formula is C15H17NO2S. The summed E-state index contributed by atoms with van der Waals surface area (Å²) in [5.41, 5.74) is 1.20. The van der Waals surface area contributed by atoms with E-state index in [1.54, 1.807) is 17.6 Å². The average molecular weight is 275 g/mol. The zero-order valence-electron chi connectivity index (χ0n) is 10.7. The van der Waals surface area contributed by atoms with Gasteiger partial charge in [-0.05, 0) is 47.4 Å². The van der Waals surface area contributed by atoms with Crippen molar-refractivity contribution in [1.29, 1.82) is 0 Å². The quantitative estimate of drug-likeness (QED) is 0.909. The van der Waals surface area contributed by atoms with Crippen LogP contribution in [0.2, 0.25) is 0 Å². The summed E-state index contributed by atoms with van der Waals surface area (Å²) in [7, 11) is 0. The lowest BCUT2D eigenvalue weighted by Gasteiger charge is -2.25. The third-order valence-corrected chi connectivity index (χ3v) is 4.49. The molecule has 2 aromatic rings. The lowest BCUT2D eigenvalue weighted by molar-refractivity contribution is -0.127. The van der Waals surface area contributed by atoms with Gasteiger partial charge in [0.15, 0.2) is 0 Å². The lowest BCUT2D eigenvalue weighted by atomic mass is 9.84. The summed E-state index contributed by atoms with van der Waals surface area (Å²) in [5, 5.41) is 7.24. The summed E-state index contributed by atoms with van der Waals surface area (Å²) in [6, 6.07) is 5.95. The molecule has 0 spiro atoms. The van der Waals surface area contributed by atoms with Gasteiger partial charge in [-0.2, -0.15) is 11.3 Å². The van der Waals surface area contributed by atoms with E-state index in [2.05, 4.69) is 22.1 Å². The molecule has 2 heterocycles. The molecule has 1 saturated carbocycles. The first-order valence-electron chi connectivity index (χ1n) is 6.68. The van der Waals surface area contributed by atoms with Crippen LogP contribution in [0.25, 0.3) is 0 Å². The highest BCUT2D eigenvalue weighted by Gasteiger charge is 2.26. The van der Waals surface area contributed by atoms with E-state index in [0.29, 0.717) is 6.54 Å². The van der Waals surface area contributed by atoms with E-state index < -0.39 is 0 Å². The van der Waals surface area contributed by atoms with Crippen LogP contribution < -0.4 is 5.32 Å². The van der Waals surface area contributed by atoms with Gasteiger partial charge in [0.05, 0.1) is 12.2 Å². The highest BCUT2D eigenvalue weighted by Crippen LogP contribution is 2.28. The Morgan fingerprint density at radius 1 is 1.47 bits per heavy atom. The largest absolute Gasteiger partial charge is 0.469 e. The van der Waals surface area contributed by atoms with Gasteiger partial charge in [-0.15, -0.1) is 0 Å². The van der Waals surface area contributed by atoms with Gasteiger partial charge in [0.25, 0.3) is 0 Å². The van der Waals surface area contributed by atoms with Crippen molar-refractivity contribution in [2.24, 2.45) is 5.92 Å². The van der Waals surface area contributed by atoms with Gasteiger partial charge >= 0.3 is 0 Å². The maximum absolute atomic E-state index is 11.9. The van der Waals surface area contributed by atoms with Gasteiger partial charge in [0, 0.05) is 12.5 Å². The number of carbonyl (C=O) groups is 1. The maximum Gasteiger partial charge on any atom is 0.223 e. The molecular weight excluding hydrogens is 258 g/mol. The van der Waals surface area contributed by atoms with Crippen molar-refractivity contribution in [3.05, 3.63) is 46.5 Å². The fourth-order valence-corrected chi connectivity index (χ4v) is 3.08. The summed E-state index contributed by atoms with van der Waals surface area (Å²) in [6.45, 7) is 0.611. The molecule has 0 aliphatic heterocycles. The Kier molecular flexibility index (Phi) is 3.69. The fourth-order valence-electron chi connectivity index (χ4n) is 2.36. The summed E-state index contributed by atoms with van der Waals surface area (Å²) in [4.78, 5) is 11.9. The number of hydrogen-bond donors (Lipinski definition) is 1. The molecule has 4 heteroatoms. The Hall–Kier alpha value is -1.55. The Balaban J connectivity index is 1.68. The summed E-state index contributed by atoms with van der Waals surface area (Å²) < 4.78 is 5.51. The number of carbonyl (C=O) groups excluding carboxylic acids is 1. The molecule has 1 amide bonds. The second kappa shape index (κ2) is 5.61. The van der Waals surface area contributed by atoms with Crippen molar-refractivity contribution >= 4 is 17.2 Å². The zero-order chi connectivity index (χ0) is 13.1. The van der Waals surface area contributed by atoms with Crippen molar-refractivity contribution in [2.45, 2.75) is 25.2 Å². The topological polar surface area (TPSA) is 42.2 Å². The number of hydrogen-bond acceptors (Lipinski definition) is 3. The highest BCUT2D eigenvalue weighted by molar-refractivity contribution is 7.08. The van der Waals surface area contributed by atoms with Crippen LogP contribution in [0.3, 0.4) is 0 Å². The summed E-state index contributed by atoms with van der Waals surface area (Å²) >= 11 is 1.67. The second-order valence-corrected chi connectivity index (χ2v) is 5.78.